The lowest BCUT2D eigenvalue weighted by atomic mass is 9.91. The predicted molar refractivity (Wildman–Crippen MR) is 76.7 cm³/mol. The van der Waals surface area contributed by atoms with Gasteiger partial charge in [0.25, 0.3) is 5.66 Å². The Bertz CT molecular complexity index is 582. The average Bonchev–Trinajstić information content (AvgIpc) is 2.49. The van der Waals surface area contributed by atoms with Crippen molar-refractivity contribution in [1.82, 2.24) is 0 Å². The SMILES string of the molecule is CCCCC(N=O)(N=O)c1cccc2ccccc12. The third-order valence-corrected chi connectivity index (χ3v) is 3.40. The van der Waals surface area contributed by atoms with E-state index in [2.05, 4.69) is 10.4 Å². The van der Waals surface area contributed by atoms with Crippen LogP contribution >= 0.6 is 0 Å². The van der Waals surface area contributed by atoms with Crippen LogP contribution < -0.4 is 0 Å². The molecule has 0 aliphatic heterocycles. The fraction of sp³-hybridized carbons (Fsp3) is 0.333. The highest BCUT2D eigenvalue weighted by molar-refractivity contribution is 5.86. The highest BCUT2D eigenvalue weighted by Crippen LogP contribution is 2.37. The van der Waals surface area contributed by atoms with Crippen LogP contribution in [0.1, 0.15) is 31.7 Å². The van der Waals surface area contributed by atoms with Crippen molar-refractivity contribution in [2.75, 3.05) is 0 Å². The number of benzene rings is 2. The molecule has 4 nitrogen and oxygen atoms in total. The van der Waals surface area contributed by atoms with E-state index < -0.39 is 5.66 Å². The van der Waals surface area contributed by atoms with Crippen LogP contribution in [0.25, 0.3) is 10.8 Å². The molecule has 4 heteroatoms. The number of unbranched alkanes of at least 4 members (excludes halogenated alkanes) is 1. The number of nitroso groups, excluding NO2 is 2. The highest BCUT2D eigenvalue weighted by atomic mass is 16.3. The molecule has 0 atom stereocenters. The monoisotopic (exact) mass is 256 g/mol. The standard InChI is InChI=1S/C15H16N2O2/c1-2-3-11-15(16-18,17-19)14-10-6-8-12-7-4-5-9-13(12)14/h4-10H,2-3,11H2,1H3. The van der Waals surface area contributed by atoms with E-state index in [9.17, 15) is 9.81 Å². The van der Waals surface area contributed by atoms with E-state index in [-0.39, 0.29) is 0 Å². The molecule has 0 amide bonds. The van der Waals surface area contributed by atoms with Gasteiger partial charge in [0, 0.05) is 12.0 Å². The minimum Gasteiger partial charge on any atom is -0.148 e. The average molecular weight is 256 g/mol. The molecule has 0 aromatic heterocycles. The Kier molecular flexibility index (Phi) is 4.00. The van der Waals surface area contributed by atoms with Gasteiger partial charge in [-0.2, -0.15) is 0 Å². The molecule has 0 saturated carbocycles. The van der Waals surface area contributed by atoms with E-state index in [4.69, 9.17) is 0 Å². The molecule has 98 valence electrons. The topological polar surface area (TPSA) is 58.9 Å². The summed E-state index contributed by atoms with van der Waals surface area (Å²) >= 11 is 0. The molecule has 0 saturated heterocycles. The molecule has 0 aliphatic carbocycles. The molecule has 19 heavy (non-hydrogen) atoms. The molecule has 0 bridgehead atoms. The van der Waals surface area contributed by atoms with Gasteiger partial charge in [-0.3, -0.25) is 0 Å². The third kappa shape index (κ3) is 2.38. The van der Waals surface area contributed by atoms with Gasteiger partial charge in [0.15, 0.2) is 0 Å². The molecule has 0 fully saturated rings. The van der Waals surface area contributed by atoms with Gasteiger partial charge in [-0.15, -0.1) is 9.81 Å². The van der Waals surface area contributed by atoms with Gasteiger partial charge in [-0.1, -0.05) is 55.8 Å². The Hall–Kier alpha value is -2.10. The van der Waals surface area contributed by atoms with Crippen molar-refractivity contribution in [3.05, 3.63) is 57.8 Å². The van der Waals surface area contributed by atoms with E-state index >= 15 is 0 Å². The van der Waals surface area contributed by atoms with Crippen molar-refractivity contribution >= 4 is 10.8 Å². The fourth-order valence-corrected chi connectivity index (χ4v) is 2.34. The zero-order valence-corrected chi connectivity index (χ0v) is 10.9. The second kappa shape index (κ2) is 5.69. The number of hydrogen-bond donors (Lipinski definition) is 0. The molecule has 2 aromatic rings. The molecule has 0 N–H and O–H groups in total. The summed E-state index contributed by atoms with van der Waals surface area (Å²) in [5, 5.41) is 7.97. The van der Waals surface area contributed by atoms with E-state index in [1.165, 1.54) is 0 Å². The van der Waals surface area contributed by atoms with Gasteiger partial charge in [0.1, 0.15) is 0 Å². The summed E-state index contributed by atoms with van der Waals surface area (Å²) in [5.41, 5.74) is -0.902. The number of rotatable bonds is 6. The number of hydrogen-bond acceptors (Lipinski definition) is 4. The quantitative estimate of drug-likeness (QED) is 0.702. The first-order valence-corrected chi connectivity index (χ1v) is 6.44. The predicted octanol–water partition coefficient (Wildman–Crippen LogP) is 4.72. The molecule has 0 heterocycles. The molecule has 2 aromatic carbocycles. The third-order valence-electron chi connectivity index (χ3n) is 3.40. The maximum absolute atomic E-state index is 11.3. The van der Waals surface area contributed by atoms with Gasteiger partial charge in [-0.05, 0) is 27.5 Å². The van der Waals surface area contributed by atoms with E-state index in [1.54, 1.807) is 6.07 Å². The number of fused-ring (bicyclic) bond motifs is 1. The van der Waals surface area contributed by atoms with Crippen LogP contribution in [0.4, 0.5) is 0 Å². The van der Waals surface area contributed by atoms with Crippen LogP contribution in [-0.4, -0.2) is 0 Å². The Morgan fingerprint density at radius 1 is 1.00 bits per heavy atom. The lowest BCUT2D eigenvalue weighted by Gasteiger charge is -2.20. The Morgan fingerprint density at radius 2 is 1.68 bits per heavy atom. The van der Waals surface area contributed by atoms with Gasteiger partial charge < -0.3 is 0 Å². The normalized spacial score (nSPS) is 11.4. The Labute approximate surface area is 111 Å². The largest absolute Gasteiger partial charge is 0.257 e. The van der Waals surface area contributed by atoms with Crippen LogP contribution in [0.3, 0.4) is 0 Å². The molecule has 0 radical (unpaired) electrons. The van der Waals surface area contributed by atoms with Crippen LogP contribution in [0, 0.1) is 9.81 Å². The van der Waals surface area contributed by atoms with Gasteiger partial charge in [0.2, 0.25) is 0 Å². The minimum atomic E-state index is -1.50. The van der Waals surface area contributed by atoms with Gasteiger partial charge >= 0.3 is 0 Å². The van der Waals surface area contributed by atoms with Crippen molar-refractivity contribution in [2.24, 2.45) is 10.4 Å². The molecule has 0 aliphatic rings. The summed E-state index contributed by atoms with van der Waals surface area (Å²) in [6, 6.07) is 13.2. The molecular formula is C15H16N2O2. The van der Waals surface area contributed by atoms with Crippen LogP contribution in [-0.2, 0) is 5.66 Å². The van der Waals surface area contributed by atoms with Gasteiger partial charge in [0.05, 0.1) is 0 Å². The Balaban J connectivity index is 2.62. The van der Waals surface area contributed by atoms with Crippen molar-refractivity contribution in [3.8, 4) is 0 Å². The van der Waals surface area contributed by atoms with Crippen molar-refractivity contribution < 1.29 is 0 Å². The van der Waals surface area contributed by atoms with Crippen molar-refractivity contribution in [3.63, 3.8) is 0 Å². The molecular weight excluding hydrogens is 240 g/mol. The van der Waals surface area contributed by atoms with Crippen LogP contribution in [0.5, 0.6) is 0 Å². The minimum absolute atomic E-state index is 0.352. The van der Waals surface area contributed by atoms with Crippen molar-refractivity contribution in [2.45, 2.75) is 31.8 Å². The lowest BCUT2D eigenvalue weighted by molar-refractivity contribution is 0.412. The second-order valence-electron chi connectivity index (χ2n) is 4.63. The molecule has 0 spiro atoms. The first-order chi connectivity index (χ1) is 9.27. The molecule has 0 unspecified atom stereocenters. The van der Waals surface area contributed by atoms with Crippen LogP contribution in [0.15, 0.2) is 52.8 Å². The zero-order chi connectivity index (χ0) is 13.7. The first-order valence-electron chi connectivity index (χ1n) is 6.44. The second-order valence-corrected chi connectivity index (χ2v) is 4.63. The summed E-state index contributed by atoms with van der Waals surface area (Å²) in [4.78, 5) is 22.5. The van der Waals surface area contributed by atoms with E-state index in [1.807, 2.05) is 43.3 Å². The van der Waals surface area contributed by atoms with Gasteiger partial charge in [-0.25, -0.2) is 0 Å². The maximum Gasteiger partial charge on any atom is 0.257 e. The first kappa shape index (κ1) is 13.3. The summed E-state index contributed by atoms with van der Waals surface area (Å²) < 4.78 is 0. The number of nitrogens with zero attached hydrogens (tertiary/aromatic N) is 2. The van der Waals surface area contributed by atoms with E-state index in [0.29, 0.717) is 12.0 Å². The summed E-state index contributed by atoms with van der Waals surface area (Å²) in [5.74, 6) is 0. The van der Waals surface area contributed by atoms with Crippen LogP contribution in [0.2, 0.25) is 0 Å². The highest BCUT2D eigenvalue weighted by Gasteiger charge is 2.36. The Morgan fingerprint density at radius 3 is 2.37 bits per heavy atom. The summed E-state index contributed by atoms with van der Waals surface area (Å²) in [7, 11) is 0. The summed E-state index contributed by atoms with van der Waals surface area (Å²) in [6.07, 6.45) is 1.97. The summed E-state index contributed by atoms with van der Waals surface area (Å²) in [6.45, 7) is 2.00. The smallest absolute Gasteiger partial charge is 0.148 e. The molecule has 2 rings (SSSR count). The zero-order valence-electron chi connectivity index (χ0n) is 10.9. The van der Waals surface area contributed by atoms with Crippen molar-refractivity contribution in [1.29, 1.82) is 0 Å². The van der Waals surface area contributed by atoms with E-state index in [0.717, 1.165) is 23.6 Å². The fourth-order valence-electron chi connectivity index (χ4n) is 2.34. The maximum atomic E-state index is 11.3. The lowest BCUT2D eigenvalue weighted by Crippen LogP contribution is -2.20.